The van der Waals surface area contributed by atoms with Gasteiger partial charge in [-0.25, -0.2) is 0 Å². The summed E-state index contributed by atoms with van der Waals surface area (Å²) < 4.78 is 0. The lowest BCUT2D eigenvalue weighted by atomic mass is 9.79. The molecule has 1 aromatic heterocycles. The standard InChI is InChI=1S/C19H25NO/c1-3-14(2)17-9-7-15-13-16(8-10-18(15)20-17)19(21)11-5-4-6-12-19/h7-10,13-14,21H,3-6,11-12H2,1-2H3. The van der Waals surface area contributed by atoms with Crippen LogP contribution in [0.1, 0.15) is 69.5 Å². The van der Waals surface area contributed by atoms with Crippen LogP contribution in [0.4, 0.5) is 0 Å². The molecule has 0 amide bonds. The Bertz CT molecular complexity index is 628. The third-order valence-corrected chi connectivity index (χ3v) is 5.05. The summed E-state index contributed by atoms with van der Waals surface area (Å²) >= 11 is 0. The molecule has 1 N–H and O–H groups in total. The van der Waals surface area contributed by atoms with Gasteiger partial charge >= 0.3 is 0 Å². The molecule has 1 unspecified atom stereocenters. The summed E-state index contributed by atoms with van der Waals surface area (Å²) in [5, 5.41) is 12.0. The topological polar surface area (TPSA) is 33.1 Å². The SMILES string of the molecule is CCC(C)c1ccc2cc(C3(O)CCCCC3)ccc2n1. The summed E-state index contributed by atoms with van der Waals surface area (Å²) in [6.07, 6.45) is 6.37. The lowest BCUT2D eigenvalue weighted by Crippen LogP contribution is -2.28. The summed E-state index contributed by atoms with van der Waals surface area (Å²) in [7, 11) is 0. The third-order valence-electron chi connectivity index (χ3n) is 5.05. The molecule has 1 saturated carbocycles. The fourth-order valence-electron chi connectivity index (χ4n) is 3.34. The molecule has 1 fully saturated rings. The quantitative estimate of drug-likeness (QED) is 0.869. The number of nitrogens with zero attached hydrogens (tertiary/aromatic N) is 1. The number of rotatable bonds is 3. The monoisotopic (exact) mass is 283 g/mol. The van der Waals surface area contributed by atoms with Gasteiger partial charge in [0.25, 0.3) is 0 Å². The van der Waals surface area contributed by atoms with E-state index >= 15 is 0 Å². The van der Waals surface area contributed by atoms with Crippen LogP contribution in [0.15, 0.2) is 30.3 Å². The number of hydrogen-bond donors (Lipinski definition) is 1. The number of aromatic nitrogens is 1. The number of aliphatic hydroxyl groups is 1. The Kier molecular flexibility index (Phi) is 3.99. The lowest BCUT2D eigenvalue weighted by Gasteiger charge is -2.32. The average Bonchev–Trinajstić information content (AvgIpc) is 2.53. The second kappa shape index (κ2) is 5.76. The van der Waals surface area contributed by atoms with Crippen LogP contribution in [0.5, 0.6) is 0 Å². The molecular weight excluding hydrogens is 258 g/mol. The Morgan fingerprint density at radius 3 is 2.62 bits per heavy atom. The highest BCUT2D eigenvalue weighted by atomic mass is 16.3. The van der Waals surface area contributed by atoms with Crippen LogP contribution in [-0.4, -0.2) is 10.1 Å². The van der Waals surface area contributed by atoms with E-state index in [9.17, 15) is 5.11 Å². The van der Waals surface area contributed by atoms with Crippen LogP contribution in [0.2, 0.25) is 0 Å². The fraction of sp³-hybridized carbons (Fsp3) is 0.526. The Morgan fingerprint density at radius 2 is 1.90 bits per heavy atom. The van der Waals surface area contributed by atoms with Crippen molar-refractivity contribution in [3.05, 3.63) is 41.6 Å². The van der Waals surface area contributed by atoms with E-state index in [0.717, 1.165) is 54.3 Å². The smallest absolute Gasteiger partial charge is 0.0896 e. The molecular formula is C19H25NO. The average molecular weight is 283 g/mol. The molecule has 1 aliphatic rings. The largest absolute Gasteiger partial charge is 0.385 e. The van der Waals surface area contributed by atoms with Crippen LogP contribution in [-0.2, 0) is 5.60 Å². The molecule has 1 aliphatic carbocycles. The van der Waals surface area contributed by atoms with E-state index < -0.39 is 5.60 Å². The molecule has 2 nitrogen and oxygen atoms in total. The van der Waals surface area contributed by atoms with Gasteiger partial charge in [0, 0.05) is 11.1 Å². The maximum atomic E-state index is 10.9. The van der Waals surface area contributed by atoms with Gasteiger partial charge in [-0.05, 0) is 48.9 Å². The van der Waals surface area contributed by atoms with Crippen molar-refractivity contribution in [2.75, 3.05) is 0 Å². The van der Waals surface area contributed by atoms with Crippen LogP contribution in [0.25, 0.3) is 10.9 Å². The van der Waals surface area contributed by atoms with Crippen molar-refractivity contribution in [3.8, 4) is 0 Å². The minimum Gasteiger partial charge on any atom is -0.385 e. The molecule has 3 rings (SSSR count). The van der Waals surface area contributed by atoms with Gasteiger partial charge in [-0.15, -0.1) is 0 Å². The van der Waals surface area contributed by atoms with Crippen molar-refractivity contribution in [3.63, 3.8) is 0 Å². The summed E-state index contributed by atoms with van der Waals surface area (Å²) in [6, 6.07) is 10.6. The van der Waals surface area contributed by atoms with Crippen molar-refractivity contribution < 1.29 is 5.11 Å². The van der Waals surface area contributed by atoms with E-state index in [1.54, 1.807) is 0 Å². The first-order chi connectivity index (χ1) is 10.1. The maximum Gasteiger partial charge on any atom is 0.0896 e. The van der Waals surface area contributed by atoms with Crippen molar-refractivity contribution >= 4 is 10.9 Å². The molecule has 21 heavy (non-hydrogen) atoms. The molecule has 2 heteroatoms. The predicted molar refractivity (Wildman–Crippen MR) is 87.4 cm³/mol. The van der Waals surface area contributed by atoms with Gasteiger partial charge in [-0.2, -0.15) is 0 Å². The first-order valence-corrected chi connectivity index (χ1v) is 8.26. The fourth-order valence-corrected chi connectivity index (χ4v) is 3.34. The van der Waals surface area contributed by atoms with Crippen molar-refractivity contribution in [2.24, 2.45) is 0 Å². The molecule has 1 atom stereocenters. The first kappa shape index (κ1) is 14.5. The molecule has 0 spiro atoms. The van der Waals surface area contributed by atoms with E-state index in [1.165, 1.54) is 6.42 Å². The Hall–Kier alpha value is -1.41. The van der Waals surface area contributed by atoms with Crippen LogP contribution >= 0.6 is 0 Å². The van der Waals surface area contributed by atoms with Crippen molar-refractivity contribution in [1.29, 1.82) is 0 Å². The zero-order chi connectivity index (χ0) is 14.9. The highest BCUT2D eigenvalue weighted by Crippen LogP contribution is 2.37. The first-order valence-electron chi connectivity index (χ1n) is 8.26. The van der Waals surface area contributed by atoms with E-state index in [-0.39, 0.29) is 0 Å². The van der Waals surface area contributed by atoms with Crippen molar-refractivity contribution in [2.45, 2.75) is 63.9 Å². The van der Waals surface area contributed by atoms with Gasteiger partial charge < -0.3 is 5.11 Å². The number of hydrogen-bond acceptors (Lipinski definition) is 2. The van der Waals surface area contributed by atoms with Crippen LogP contribution in [0.3, 0.4) is 0 Å². The van der Waals surface area contributed by atoms with E-state index in [1.807, 2.05) is 0 Å². The highest BCUT2D eigenvalue weighted by Gasteiger charge is 2.31. The number of fused-ring (bicyclic) bond motifs is 1. The number of pyridine rings is 1. The predicted octanol–water partition coefficient (Wildman–Crippen LogP) is 4.90. The van der Waals surface area contributed by atoms with Crippen LogP contribution in [0, 0.1) is 0 Å². The molecule has 0 saturated heterocycles. The van der Waals surface area contributed by atoms with Crippen LogP contribution < -0.4 is 0 Å². The molecule has 0 radical (unpaired) electrons. The zero-order valence-electron chi connectivity index (χ0n) is 13.1. The Morgan fingerprint density at radius 1 is 1.14 bits per heavy atom. The van der Waals surface area contributed by atoms with E-state index in [4.69, 9.17) is 4.98 Å². The Labute approximate surface area is 127 Å². The third kappa shape index (κ3) is 2.82. The molecule has 2 aromatic rings. The summed E-state index contributed by atoms with van der Waals surface area (Å²) in [6.45, 7) is 4.41. The van der Waals surface area contributed by atoms with E-state index in [0.29, 0.717) is 5.92 Å². The van der Waals surface area contributed by atoms with Gasteiger partial charge in [0.1, 0.15) is 0 Å². The highest BCUT2D eigenvalue weighted by molar-refractivity contribution is 5.79. The van der Waals surface area contributed by atoms with E-state index in [2.05, 4.69) is 44.2 Å². The molecule has 0 aliphatic heterocycles. The summed E-state index contributed by atoms with van der Waals surface area (Å²) in [4.78, 5) is 4.77. The zero-order valence-corrected chi connectivity index (χ0v) is 13.1. The summed E-state index contributed by atoms with van der Waals surface area (Å²) in [5.41, 5.74) is 2.64. The van der Waals surface area contributed by atoms with Gasteiger partial charge in [0.15, 0.2) is 0 Å². The normalized spacial score (nSPS) is 19.6. The maximum absolute atomic E-state index is 10.9. The van der Waals surface area contributed by atoms with Gasteiger partial charge in [0.2, 0.25) is 0 Å². The van der Waals surface area contributed by atoms with Gasteiger partial charge in [0.05, 0.1) is 11.1 Å². The minimum absolute atomic E-state index is 0.497. The summed E-state index contributed by atoms with van der Waals surface area (Å²) in [5.74, 6) is 0.497. The van der Waals surface area contributed by atoms with Gasteiger partial charge in [-0.3, -0.25) is 4.98 Å². The second-order valence-electron chi connectivity index (χ2n) is 6.55. The second-order valence-corrected chi connectivity index (χ2v) is 6.55. The number of benzene rings is 1. The molecule has 112 valence electrons. The lowest BCUT2D eigenvalue weighted by molar-refractivity contribution is -0.000509. The molecule has 1 heterocycles. The molecule has 1 aromatic carbocycles. The molecule has 0 bridgehead atoms. The van der Waals surface area contributed by atoms with Crippen molar-refractivity contribution in [1.82, 2.24) is 4.98 Å². The van der Waals surface area contributed by atoms with Gasteiger partial charge in [-0.1, -0.05) is 45.2 Å². The Balaban J connectivity index is 1.97. The minimum atomic E-state index is -0.623.